The maximum Gasteiger partial charge on any atom is 0.159 e. The summed E-state index contributed by atoms with van der Waals surface area (Å²) in [5, 5.41) is 6.73. The van der Waals surface area contributed by atoms with Crippen molar-refractivity contribution >= 4 is 11.9 Å². The molecule has 0 atom stereocenters. The molecule has 68 valence electrons. The molecule has 0 aromatic heterocycles. The second-order valence-electron chi connectivity index (χ2n) is 2.42. The molecule has 0 aliphatic heterocycles. The fraction of sp³-hybridized carbons (Fsp3) is 0. The molecular formula is C9H8F2N2. The van der Waals surface area contributed by atoms with E-state index in [1.54, 1.807) is 0 Å². The highest BCUT2D eigenvalue weighted by molar-refractivity contribution is 5.81. The van der Waals surface area contributed by atoms with Gasteiger partial charge < -0.3 is 11.1 Å². The molecule has 1 rings (SSSR count). The van der Waals surface area contributed by atoms with Crippen molar-refractivity contribution in [1.29, 1.82) is 5.41 Å². The third-order valence-corrected chi connectivity index (χ3v) is 1.52. The third-order valence-electron chi connectivity index (χ3n) is 1.52. The van der Waals surface area contributed by atoms with Crippen molar-refractivity contribution in [3.8, 4) is 0 Å². The minimum Gasteiger partial charge on any atom is -0.398 e. The summed E-state index contributed by atoms with van der Waals surface area (Å²) < 4.78 is 25.1. The topological polar surface area (TPSA) is 49.9 Å². The first-order valence-corrected chi connectivity index (χ1v) is 3.57. The zero-order valence-electron chi connectivity index (χ0n) is 6.72. The van der Waals surface area contributed by atoms with Crippen LogP contribution in [0.3, 0.4) is 0 Å². The van der Waals surface area contributed by atoms with Crippen molar-refractivity contribution < 1.29 is 8.78 Å². The molecule has 1 aromatic rings. The standard InChI is InChI=1S/C9H8F2N2/c10-7-2-1-6(5-8(7)11)9(13)3-4-12/h1-5,12H,13H2. The highest BCUT2D eigenvalue weighted by atomic mass is 19.2. The Balaban J connectivity index is 3.10. The molecule has 0 fully saturated rings. The number of halogens is 2. The lowest BCUT2D eigenvalue weighted by molar-refractivity contribution is 0.508. The van der Waals surface area contributed by atoms with Crippen LogP contribution in [0.5, 0.6) is 0 Å². The number of hydrogen-bond donors (Lipinski definition) is 2. The first-order chi connectivity index (χ1) is 6.15. The maximum atomic E-state index is 12.7. The second kappa shape index (κ2) is 3.80. The largest absolute Gasteiger partial charge is 0.398 e. The molecule has 0 heterocycles. The molecule has 0 amide bonds. The van der Waals surface area contributed by atoms with Gasteiger partial charge in [-0.2, -0.15) is 0 Å². The van der Waals surface area contributed by atoms with Crippen LogP contribution in [-0.4, -0.2) is 6.21 Å². The normalized spacial score (nSPS) is 11.4. The number of hydrogen-bond acceptors (Lipinski definition) is 2. The Labute approximate surface area is 74.2 Å². The van der Waals surface area contributed by atoms with E-state index in [2.05, 4.69) is 0 Å². The quantitative estimate of drug-likeness (QED) is 0.674. The molecular weight excluding hydrogens is 174 g/mol. The van der Waals surface area contributed by atoms with E-state index >= 15 is 0 Å². The van der Waals surface area contributed by atoms with Gasteiger partial charge in [0, 0.05) is 17.5 Å². The summed E-state index contributed by atoms with van der Waals surface area (Å²) in [4.78, 5) is 0. The van der Waals surface area contributed by atoms with Crippen molar-refractivity contribution in [3.05, 3.63) is 41.5 Å². The number of allylic oxidation sites excluding steroid dienone is 1. The van der Waals surface area contributed by atoms with E-state index in [0.29, 0.717) is 5.56 Å². The Bertz CT molecular complexity index is 359. The van der Waals surface area contributed by atoms with Crippen molar-refractivity contribution in [2.24, 2.45) is 5.73 Å². The molecule has 0 unspecified atom stereocenters. The summed E-state index contributed by atoms with van der Waals surface area (Å²) in [6, 6.07) is 3.34. The average molecular weight is 182 g/mol. The van der Waals surface area contributed by atoms with Gasteiger partial charge in [0.2, 0.25) is 0 Å². The third kappa shape index (κ3) is 2.11. The zero-order valence-corrected chi connectivity index (χ0v) is 6.72. The molecule has 2 nitrogen and oxygen atoms in total. The summed E-state index contributed by atoms with van der Waals surface area (Å²) in [5.74, 6) is -1.86. The molecule has 0 spiro atoms. The van der Waals surface area contributed by atoms with Gasteiger partial charge in [-0.05, 0) is 24.3 Å². The Kier molecular flexibility index (Phi) is 2.74. The molecule has 0 radical (unpaired) electrons. The van der Waals surface area contributed by atoms with Crippen LogP contribution >= 0.6 is 0 Å². The average Bonchev–Trinajstić information content (AvgIpc) is 2.10. The minimum atomic E-state index is -0.946. The van der Waals surface area contributed by atoms with E-state index in [1.807, 2.05) is 0 Å². The Morgan fingerprint density at radius 3 is 2.54 bits per heavy atom. The van der Waals surface area contributed by atoms with Gasteiger partial charge in [-0.25, -0.2) is 8.78 Å². The van der Waals surface area contributed by atoms with Gasteiger partial charge in [-0.15, -0.1) is 0 Å². The predicted molar refractivity (Wildman–Crippen MR) is 47.3 cm³/mol. The lowest BCUT2D eigenvalue weighted by Gasteiger charge is -2.00. The van der Waals surface area contributed by atoms with Gasteiger partial charge in [0.15, 0.2) is 11.6 Å². The monoisotopic (exact) mass is 182 g/mol. The number of nitrogens with two attached hydrogens (primary N) is 1. The van der Waals surface area contributed by atoms with Gasteiger partial charge in [0.05, 0.1) is 0 Å². The van der Waals surface area contributed by atoms with Gasteiger partial charge in [-0.1, -0.05) is 0 Å². The smallest absolute Gasteiger partial charge is 0.159 e. The fourth-order valence-electron chi connectivity index (χ4n) is 0.862. The van der Waals surface area contributed by atoms with E-state index in [-0.39, 0.29) is 5.70 Å². The van der Waals surface area contributed by atoms with E-state index in [1.165, 1.54) is 12.1 Å². The van der Waals surface area contributed by atoms with Crippen LogP contribution in [0.15, 0.2) is 24.3 Å². The summed E-state index contributed by atoms with van der Waals surface area (Å²) >= 11 is 0. The van der Waals surface area contributed by atoms with Crippen molar-refractivity contribution in [3.63, 3.8) is 0 Å². The summed E-state index contributed by atoms with van der Waals surface area (Å²) in [7, 11) is 0. The molecule has 3 N–H and O–H groups in total. The van der Waals surface area contributed by atoms with Crippen LogP contribution < -0.4 is 5.73 Å². The van der Waals surface area contributed by atoms with Crippen molar-refractivity contribution in [1.82, 2.24) is 0 Å². The highest BCUT2D eigenvalue weighted by Gasteiger charge is 2.03. The molecule has 0 saturated heterocycles. The summed E-state index contributed by atoms with van der Waals surface area (Å²) in [5.41, 5.74) is 6.04. The summed E-state index contributed by atoms with van der Waals surface area (Å²) in [6.45, 7) is 0. The molecule has 0 saturated carbocycles. The summed E-state index contributed by atoms with van der Waals surface area (Å²) in [6.07, 6.45) is 2.28. The molecule has 4 heteroatoms. The van der Waals surface area contributed by atoms with E-state index in [0.717, 1.165) is 18.3 Å². The second-order valence-corrected chi connectivity index (χ2v) is 2.42. The van der Waals surface area contributed by atoms with Crippen LogP contribution in [0.2, 0.25) is 0 Å². The van der Waals surface area contributed by atoms with E-state index in [4.69, 9.17) is 11.1 Å². The lowest BCUT2D eigenvalue weighted by Crippen LogP contribution is -1.98. The van der Waals surface area contributed by atoms with Gasteiger partial charge in [0.25, 0.3) is 0 Å². The number of rotatable bonds is 2. The Morgan fingerprint density at radius 1 is 1.31 bits per heavy atom. The van der Waals surface area contributed by atoms with Crippen molar-refractivity contribution in [2.75, 3.05) is 0 Å². The van der Waals surface area contributed by atoms with E-state index < -0.39 is 11.6 Å². The lowest BCUT2D eigenvalue weighted by atomic mass is 10.1. The number of benzene rings is 1. The van der Waals surface area contributed by atoms with Crippen LogP contribution in [0, 0.1) is 17.0 Å². The SMILES string of the molecule is N=CC=C(N)c1ccc(F)c(F)c1. The zero-order chi connectivity index (χ0) is 9.84. The minimum absolute atomic E-state index is 0.230. The van der Waals surface area contributed by atoms with Crippen LogP contribution in [0.4, 0.5) is 8.78 Å². The molecule has 0 aliphatic rings. The van der Waals surface area contributed by atoms with Gasteiger partial charge >= 0.3 is 0 Å². The van der Waals surface area contributed by atoms with Gasteiger partial charge in [0.1, 0.15) is 0 Å². The first kappa shape index (κ1) is 9.38. The molecule has 13 heavy (non-hydrogen) atoms. The number of nitrogens with one attached hydrogen (secondary N) is 1. The Hall–Kier alpha value is -1.71. The highest BCUT2D eigenvalue weighted by Crippen LogP contribution is 2.12. The van der Waals surface area contributed by atoms with Crippen LogP contribution in [-0.2, 0) is 0 Å². The molecule has 0 aliphatic carbocycles. The molecule has 0 bridgehead atoms. The van der Waals surface area contributed by atoms with Crippen molar-refractivity contribution in [2.45, 2.75) is 0 Å². The van der Waals surface area contributed by atoms with E-state index in [9.17, 15) is 8.78 Å². The van der Waals surface area contributed by atoms with Crippen LogP contribution in [0.1, 0.15) is 5.56 Å². The maximum absolute atomic E-state index is 12.7. The predicted octanol–water partition coefficient (Wildman–Crippen LogP) is 1.91. The fourth-order valence-corrected chi connectivity index (χ4v) is 0.862. The Morgan fingerprint density at radius 2 is 2.00 bits per heavy atom. The molecule has 1 aromatic carbocycles. The van der Waals surface area contributed by atoms with Gasteiger partial charge in [-0.3, -0.25) is 0 Å². The van der Waals surface area contributed by atoms with Crippen LogP contribution in [0.25, 0.3) is 5.70 Å². The first-order valence-electron chi connectivity index (χ1n) is 3.57.